The van der Waals surface area contributed by atoms with Crippen LogP contribution in [0.1, 0.15) is 40.3 Å². The van der Waals surface area contributed by atoms with Gasteiger partial charge in [0.05, 0.1) is 23.6 Å². The van der Waals surface area contributed by atoms with Crippen molar-refractivity contribution in [2.24, 2.45) is 0 Å². The maximum Gasteiger partial charge on any atom is 0.416 e. The van der Waals surface area contributed by atoms with Gasteiger partial charge in [-0.05, 0) is 72.4 Å². The number of hydrogen-bond donors (Lipinski definition) is 1. The van der Waals surface area contributed by atoms with Crippen LogP contribution < -0.4 is 15.1 Å². The Balaban J connectivity index is 1.46. The Kier molecular flexibility index (Phi) is 8.10. The first-order valence-corrected chi connectivity index (χ1v) is 13.1. The molecule has 2 aliphatic heterocycles. The number of carbonyl (C=O) groups is 1. The first-order valence-electron chi connectivity index (χ1n) is 13.1. The van der Waals surface area contributed by atoms with Crippen molar-refractivity contribution >= 4 is 17.4 Å². The van der Waals surface area contributed by atoms with E-state index in [1.807, 2.05) is 0 Å². The van der Waals surface area contributed by atoms with E-state index in [4.69, 9.17) is 0 Å². The van der Waals surface area contributed by atoms with Gasteiger partial charge in [0.25, 0.3) is 0 Å². The molecule has 0 radical (unpaired) electrons. The summed E-state index contributed by atoms with van der Waals surface area (Å²) in [6.07, 6.45) is -10.3. The van der Waals surface area contributed by atoms with Gasteiger partial charge in [0, 0.05) is 31.9 Å². The number of aryl methyl sites for hydroxylation is 1. The first kappa shape index (κ1) is 29.3. The number of rotatable bonds is 3. The van der Waals surface area contributed by atoms with Crippen molar-refractivity contribution in [1.82, 2.24) is 15.5 Å². The van der Waals surface area contributed by atoms with E-state index >= 15 is 0 Å². The highest BCUT2D eigenvalue weighted by molar-refractivity contribution is 6.00. The maximum absolute atomic E-state index is 14.1. The van der Waals surface area contributed by atoms with Crippen LogP contribution in [0.25, 0.3) is 0 Å². The first-order chi connectivity index (χ1) is 19.9. The van der Waals surface area contributed by atoms with E-state index in [2.05, 4.69) is 32.3 Å². The van der Waals surface area contributed by atoms with Gasteiger partial charge in [-0.1, -0.05) is 12.0 Å². The molecule has 1 amide bonds. The highest BCUT2D eigenvalue weighted by Gasteiger charge is 2.42. The molecule has 1 N–H and O–H groups in total. The lowest BCUT2D eigenvalue weighted by Crippen LogP contribution is -2.43. The van der Waals surface area contributed by atoms with Gasteiger partial charge in [-0.25, -0.2) is 4.39 Å². The summed E-state index contributed by atoms with van der Waals surface area (Å²) in [5.41, 5.74) is -2.67. The molecular formula is C29H24F7N5O. The molecule has 1 aromatic heterocycles. The van der Waals surface area contributed by atoms with Gasteiger partial charge in [0.15, 0.2) is 5.82 Å². The highest BCUT2D eigenvalue weighted by Crippen LogP contribution is 2.43. The molecule has 0 aliphatic carbocycles. The number of aromatic nitrogens is 2. The van der Waals surface area contributed by atoms with E-state index in [1.165, 1.54) is 12.1 Å². The van der Waals surface area contributed by atoms with Crippen molar-refractivity contribution in [2.45, 2.75) is 31.1 Å². The predicted octanol–water partition coefficient (Wildman–Crippen LogP) is 5.18. The topological polar surface area (TPSA) is 61.4 Å². The van der Waals surface area contributed by atoms with Gasteiger partial charge in [-0.3, -0.25) is 9.69 Å². The summed E-state index contributed by atoms with van der Waals surface area (Å²) >= 11 is 0. The van der Waals surface area contributed by atoms with Gasteiger partial charge < -0.3 is 10.2 Å². The molecule has 42 heavy (non-hydrogen) atoms. The van der Waals surface area contributed by atoms with Crippen molar-refractivity contribution in [3.8, 4) is 11.8 Å². The number of amides is 1. The lowest BCUT2D eigenvalue weighted by atomic mass is 9.88. The molecule has 1 fully saturated rings. The maximum atomic E-state index is 14.1. The minimum atomic E-state index is -5.15. The lowest BCUT2D eigenvalue weighted by molar-refractivity contribution is -0.143. The third-order valence-corrected chi connectivity index (χ3v) is 7.21. The number of benzene rings is 2. The number of nitrogens with zero attached hydrogens (tertiary/aromatic N) is 4. The Morgan fingerprint density at radius 2 is 1.69 bits per heavy atom. The number of halogens is 7. The van der Waals surface area contributed by atoms with Crippen molar-refractivity contribution < 1.29 is 35.5 Å². The molecule has 3 aromatic rings. The number of carbonyl (C=O) groups excluding carboxylic acids is 1. The van der Waals surface area contributed by atoms with Crippen LogP contribution in [0.2, 0.25) is 0 Å². The summed E-state index contributed by atoms with van der Waals surface area (Å²) in [6, 6.07) is 8.31. The molecule has 3 heterocycles. The van der Waals surface area contributed by atoms with Crippen LogP contribution in [0, 0.1) is 17.7 Å². The third kappa shape index (κ3) is 6.33. The lowest BCUT2D eigenvalue weighted by Gasteiger charge is -2.27. The number of fused-ring (bicyclic) bond motifs is 1. The van der Waals surface area contributed by atoms with Gasteiger partial charge in [-0.2, -0.15) is 26.3 Å². The average molecular weight is 592 g/mol. The van der Waals surface area contributed by atoms with Crippen LogP contribution in [0.5, 0.6) is 0 Å². The quantitative estimate of drug-likeness (QED) is 0.336. The predicted molar refractivity (Wildman–Crippen MR) is 140 cm³/mol. The monoisotopic (exact) mass is 591 g/mol. The van der Waals surface area contributed by atoms with Crippen LogP contribution in [-0.2, 0) is 23.6 Å². The average Bonchev–Trinajstić information content (AvgIpc) is 3.08. The summed E-state index contributed by atoms with van der Waals surface area (Å²) in [5, 5.41) is 11.5. The van der Waals surface area contributed by atoms with Crippen LogP contribution in [0.4, 0.5) is 42.2 Å². The molecule has 0 bridgehead atoms. The summed E-state index contributed by atoms with van der Waals surface area (Å²) < 4.78 is 95.7. The number of nitrogens with one attached hydrogen (secondary N) is 1. The van der Waals surface area contributed by atoms with Gasteiger partial charge in [0.2, 0.25) is 5.91 Å². The Labute approximate surface area is 236 Å². The van der Waals surface area contributed by atoms with E-state index in [1.54, 1.807) is 12.1 Å². The zero-order chi connectivity index (χ0) is 30.1. The standard InChI is InChI=1S/C29H24F7N5O/c30-20-5-9-25-18(16-20)3-7-23(22-8-4-19(28(31,32)33)17-24(22)29(34,35)36)27(42)41(25)13-1-2-21-6-10-26(39-38-21)40-14-11-37-12-15-40/h4-6,8-10,16-17,23,37H,3,7,11-15H2. The second-order valence-corrected chi connectivity index (χ2v) is 9.90. The fourth-order valence-electron chi connectivity index (χ4n) is 5.15. The fraction of sp³-hybridized carbons (Fsp3) is 0.345. The normalized spacial score (nSPS) is 17.8. The van der Waals surface area contributed by atoms with Crippen LogP contribution >= 0.6 is 0 Å². The molecule has 1 atom stereocenters. The van der Waals surface area contributed by atoms with Crippen LogP contribution in [0.3, 0.4) is 0 Å². The molecule has 0 saturated carbocycles. The SMILES string of the molecule is O=C1C(c2ccc(C(F)(F)F)cc2C(F)(F)F)CCc2cc(F)ccc2N1CC#Cc1ccc(N2CCNCC2)nn1. The minimum absolute atomic E-state index is 0.0186. The number of anilines is 2. The highest BCUT2D eigenvalue weighted by atomic mass is 19.4. The fourth-order valence-corrected chi connectivity index (χ4v) is 5.15. The zero-order valence-electron chi connectivity index (χ0n) is 22.0. The van der Waals surface area contributed by atoms with Crippen LogP contribution in [-0.4, -0.2) is 48.8 Å². The van der Waals surface area contributed by atoms with E-state index in [0.29, 0.717) is 29.2 Å². The van der Waals surface area contributed by atoms with E-state index in [-0.39, 0.29) is 31.1 Å². The summed E-state index contributed by atoms with van der Waals surface area (Å²) in [5.74, 6) is 3.43. The second kappa shape index (κ2) is 11.6. The van der Waals surface area contributed by atoms with Crippen molar-refractivity contribution in [3.63, 3.8) is 0 Å². The zero-order valence-corrected chi connectivity index (χ0v) is 22.0. The molecular weight excluding hydrogens is 567 g/mol. The smallest absolute Gasteiger partial charge is 0.353 e. The van der Waals surface area contributed by atoms with Gasteiger partial charge in [0.1, 0.15) is 11.5 Å². The molecule has 2 aromatic carbocycles. The summed E-state index contributed by atoms with van der Waals surface area (Å²) in [7, 11) is 0. The van der Waals surface area contributed by atoms with Crippen molar-refractivity contribution in [2.75, 3.05) is 42.5 Å². The van der Waals surface area contributed by atoms with E-state index in [9.17, 15) is 35.5 Å². The Morgan fingerprint density at radius 3 is 2.36 bits per heavy atom. The Morgan fingerprint density at radius 1 is 0.929 bits per heavy atom. The van der Waals surface area contributed by atoms with Gasteiger partial charge in [-0.15, -0.1) is 10.2 Å². The third-order valence-electron chi connectivity index (χ3n) is 7.21. The Hall–Kier alpha value is -4.18. The van der Waals surface area contributed by atoms with E-state index in [0.717, 1.165) is 37.1 Å². The largest absolute Gasteiger partial charge is 0.416 e. The van der Waals surface area contributed by atoms with Gasteiger partial charge >= 0.3 is 12.4 Å². The van der Waals surface area contributed by atoms with Crippen LogP contribution in [0.15, 0.2) is 48.5 Å². The molecule has 5 rings (SSSR count). The molecule has 13 heteroatoms. The number of hydrogen-bond acceptors (Lipinski definition) is 5. The Bertz CT molecular complexity index is 1520. The molecule has 6 nitrogen and oxygen atoms in total. The minimum Gasteiger partial charge on any atom is -0.353 e. The summed E-state index contributed by atoms with van der Waals surface area (Å²) in [6.45, 7) is 2.89. The van der Waals surface area contributed by atoms with Crippen molar-refractivity contribution in [1.29, 1.82) is 0 Å². The molecule has 1 saturated heterocycles. The van der Waals surface area contributed by atoms with E-state index < -0.39 is 46.7 Å². The summed E-state index contributed by atoms with van der Waals surface area (Å²) in [4.78, 5) is 17.0. The molecule has 220 valence electrons. The molecule has 2 aliphatic rings. The van der Waals surface area contributed by atoms with Crippen molar-refractivity contribution in [3.05, 3.63) is 82.3 Å². The molecule has 1 unspecified atom stereocenters. The number of alkyl halides is 6. The second-order valence-electron chi connectivity index (χ2n) is 9.90. The molecule has 0 spiro atoms. The number of piperazine rings is 1.